The third-order valence-corrected chi connectivity index (χ3v) is 5.14. The first kappa shape index (κ1) is 19.4. The fourth-order valence-electron chi connectivity index (χ4n) is 2.67. The van der Waals surface area contributed by atoms with E-state index in [-0.39, 0.29) is 12.5 Å². The molecule has 0 spiro atoms. The Labute approximate surface area is 168 Å². The number of hydrogen-bond acceptors (Lipinski definition) is 4. The molecule has 0 fully saturated rings. The van der Waals surface area contributed by atoms with Crippen LogP contribution in [-0.4, -0.2) is 17.5 Å². The topological polar surface area (TPSA) is 51.2 Å². The number of nitrogens with one attached hydrogen (secondary N) is 1. The minimum absolute atomic E-state index is 0.0653. The highest BCUT2D eigenvalue weighted by molar-refractivity contribution is 7.14. The van der Waals surface area contributed by atoms with Crippen LogP contribution in [0.1, 0.15) is 30.9 Å². The van der Waals surface area contributed by atoms with Crippen molar-refractivity contribution in [3.05, 3.63) is 64.0 Å². The Kier molecular flexibility index (Phi) is 6.14. The van der Waals surface area contributed by atoms with E-state index in [1.165, 1.54) is 11.3 Å². The Balaban J connectivity index is 1.64. The number of anilines is 1. The van der Waals surface area contributed by atoms with Gasteiger partial charge in [0.05, 0.1) is 5.69 Å². The second-order valence-electron chi connectivity index (χ2n) is 6.55. The monoisotopic (exact) mass is 400 g/mol. The van der Waals surface area contributed by atoms with Gasteiger partial charge in [0, 0.05) is 16.0 Å². The van der Waals surface area contributed by atoms with Crippen LogP contribution in [-0.2, 0) is 4.79 Å². The molecule has 1 N–H and O–H groups in total. The van der Waals surface area contributed by atoms with E-state index in [2.05, 4.69) is 24.1 Å². The Bertz CT molecular complexity index is 953. The smallest absolute Gasteiger partial charge is 0.264 e. The summed E-state index contributed by atoms with van der Waals surface area (Å²) in [4.78, 5) is 16.7. The predicted octanol–water partition coefficient (Wildman–Crippen LogP) is 5.91. The van der Waals surface area contributed by atoms with Crippen molar-refractivity contribution < 1.29 is 9.53 Å². The summed E-state index contributed by atoms with van der Waals surface area (Å²) in [5, 5.41) is 5.81. The molecule has 1 heterocycles. The van der Waals surface area contributed by atoms with Crippen LogP contribution < -0.4 is 10.1 Å². The molecule has 0 atom stereocenters. The molecule has 3 aromatic rings. The van der Waals surface area contributed by atoms with Gasteiger partial charge in [0.1, 0.15) is 5.75 Å². The van der Waals surface area contributed by atoms with Gasteiger partial charge in [-0.1, -0.05) is 55.8 Å². The van der Waals surface area contributed by atoms with Gasteiger partial charge in [-0.25, -0.2) is 4.98 Å². The van der Waals surface area contributed by atoms with Crippen LogP contribution in [0.3, 0.4) is 0 Å². The molecule has 2 aromatic carbocycles. The van der Waals surface area contributed by atoms with Crippen LogP contribution in [0, 0.1) is 6.92 Å². The van der Waals surface area contributed by atoms with Crippen LogP contribution in [0.4, 0.5) is 5.13 Å². The third-order valence-electron chi connectivity index (χ3n) is 4.05. The van der Waals surface area contributed by atoms with Crippen LogP contribution >= 0.6 is 22.9 Å². The zero-order chi connectivity index (χ0) is 19.4. The number of halogens is 1. The van der Waals surface area contributed by atoms with E-state index in [4.69, 9.17) is 16.3 Å². The summed E-state index contributed by atoms with van der Waals surface area (Å²) < 4.78 is 5.77. The fourth-order valence-corrected chi connectivity index (χ4v) is 3.63. The Morgan fingerprint density at radius 3 is 2.78 bits per heavy atom. The number of ether oxygens (including phenoxy) is 1. The molecule has 0 saturated carbocycles. The third kappa shape index (κ3) is 4.87. The molecule has 6 heteroatoms. The van der Waals surface area contributed by atoms with Crippen LogP contribution in [0.2, 0.25) is 5.02 Å². The van der Waals surface area contributed by atoms with E-state index in [0.717, 1.165) is 28.1 Å². The summed E-state index contributed by atoms with van der Waals surface area (Å²) in [5.74, 6) is 0.822. The molecule has 0 aliphatic carbocycles. The van der Waals surface area contributed by atoms with E-state index in [0.29, 0.717) is 16.1 Å². The highest BCUT2D eigenvalue weighted by Crippen LogP contribution is 2.30. The second kappa shape index (κ2) is 8.55. The largest absolute Gasteiger partial charge is 0.483 e. The number of benzene rings is 2. The zero-order valence-corrected chi connectivity index (χ0v) is 17.0. The number of carbonyl (C=O) groups excluding carboxylic acids is 1. The standard InChI is InChI=1S/C21H21ClN2O2S/c1-13(2)15-9-8-14(3)10-19(15)26-11-20(25)24-21-23-18(12-27-21)16-6-4-5-7-17(16)22/h4-10,12-13H,11H2,1-3H3,(H,23,24,25). The number of amides is 1. The van der Waals surface area contributed by atoms with Crippen molar-refractivity contribution in [3.63, 3.8) is 0 Å². The number of hydrogen-bond donors (Lipinski definition) is 1. The van der Waals surface area contributed by atoms with Crippen LogP contribution in [0.15, 0.2) is 47.8 Å². The molecule has 140 valence electrons. The molecular weight excluding hydrogens is 380 g/mol. The van der Waals surface area contributed by atoms with Crippen molar-refractivity contribution in [2.45, 2.75) is 26.7 Å². The lowest BCUT2D eigenvalue weighted by Gasteiger charge is -2.14. The average Bonchev–Trinajstić information content (AvgIpc) is 3.08. The molecule has 0 radical (unpaired) electrons. The van der Waals surface area contributed by atoms with Gasteiger partial charge in [-0.05, 0) is 36.1 Å². The van der Waals surface area contributed by atoms with Gasteiger partial charge in [0.2, 0.25) is 0 Å². The number of rotatable bonds is 6. The van der Waals surface area contributed by atoms with Crippen molar-refractivity contribution >= 4 is 34.0 Å². The Morgan fingerprint density at radius 1 is 1.26 bits per heavy atom. The summed E-state index contributed by atoms with van der Waals surface area (Å²) in [7, 11) is 0. The van der Waals surface area contributed by atoms with E-state index in [1.807, 2.05) is 54.8 Å². The van der Waals surface area contributed by atoms with Gasteiger partial charge in [0.25, 0.3) is 5.91 Å². The van der Waals surface area contributed by atoms with Crippen molar-refractivity contribution in [1.82, 2.24) is 4.98 Å². The molecular formula is C21H21ClN2O2S. The maximum Gasteiger partial charge on any atom is 0.264 e. The zero-order valence-electron chi connectivity index (χ0n) is 15.5. The summed E-state index contributed by atoms with van der Waals surface area (Å²) in [6, 6.07) is 13.5. The minimum atomic E-state index is -0.244. The van der Waals surface area contributed by atoms with Crippen molar-refractivity contribution in [2.75, 3.05) is 11.9 Å². The summed E-state index contributed by atoms with van der Waals surface area (Å²) >= 11 is 7.56. The quantitative estimate of drug-likeness (QED) is 0.559. The maximum atomic E-state index is 12.3. The molecule has 0 aliphatic heterocycles. The lowest BCUT2D eigenvalue weighted by molar-refractivity contribution is -0.118. The average molecular weight is 401 g/mol. The number of thiazole rings is 1. The van der Waals surface area contributed by atoms with Gasteiger partial charge >= 0.3 is 0 Å². The summed E-state index contributed by atoms with van der Waals surface area (Å²) in [6.45, 7) is 6.14. The van der Waals surface area contributed by atoms with E-state index < -0.39 is 0 Å². The van der Waals surface area contributed by atoms with E-state index in [1.54, 1.807) is 0 Å². The number of nitrogens with zero attached hydrogens (tertiary/aromatic N) is 1. The van der Waals surface area contributed by atoms with E-state index in [9.17, 15) is 4.79 Å². The fraction of sp³-hybridized carbons (Fsp3) is 0.238. The Morgan fingerprint density at radius 2 is 2.04 bits per heavy atom. The first-order chi connectivity index (χ1) is 12.9. The van der Waals surface area contributed by atoms with Crippen LogP contribution in [0.5, 0.6) is 5.75 Å². The van der Waals surface area contributed by atoms with E-state index >= 15 is 0 Å². The van der Waals surface area contributed by atoms with Crippen molar-refractivity contribution in [2.24, 2.45) is 0 Å². The van der Waals surface area contributed by atoms with Gasteiger partial charge in [-0.3, -0.25) is 10.1 Å². The molecule has 0 saturated heterocycles. The van der Waals surface area contributed by atoms with Gasteiger partial charge in [0.15, 0.2) is 11.7 Å². The highest BCUT2D eigenvalue weighted by Gasteiger charge is 2.13. The van der Waals surface area contributed by atoms with Gasteiger partial charge < -0.3 is 4.74 Å². The molecule has 3 rings (SSSR count). The van der Waals surface area contributed by atoms with Crippen LogP contribution in [0.25, 0.3) is 11.3 Å². The Hall–Kier alpha value is -2.37. The van der Waals surface area contributed by atoms with Gasteiger partial charge in [-0.2, -0.15) is 0 Å². The molecule has 0 bridgehead atoms. The number of carbonyl (C=O) groups is 1. The minimum Gasteiger partial charge on any atom is -0.483 e. The molecule has 27 heavy (non-hydrogen) atoms. The lowest BCUT2D eigenvalue weighted by atomic mass is 10.0. The SMILES string of the molecule is Cc1ccc(C(C)C)c(OCC(=O)Nc2nc(-c3ccccc3Cl)cs2)c1. The number of aryl methyl sites for hydroxylation is 1. The van der Waals surface area contributed by atoms with Gasteiger partial charge in [-0.15, -0.1) is 11.3 Å². The molecule has 0 unspecified atom stereocenters. The summed E-state index contributed by atoms with van der Waals surface area (Å²) in [5.41, 5.74) is 3.76. The normalized spacial score (nSPS) is 10.9. The van der Waals surface area contributed by atoms with Crippen molar-refractivity contribution in [1.29, 1.82) is 0 Å². The second-order valence-corrected chi connectivity index (χ2v) is 7.82. The first-order valence-electron chi connectivity index (χ1n) is 8.67. The molecule has 1 amide bonds. The lowest BCUT2D eigenvalue weighted by Crippen LogP contribution is -2.20. The number of aromatic nitrogens is 1. The molecule has 0 aliphatic rings. The highest BCUT2D eigenvalue weighted by atomic mass is 35.5. The van der Waals surface area contributed by atoms with Crippen molar-refractivity contribution in [3.8, 4) is 17.0 Å². The first-order valence-corrected chi connectivity index (χ1v) is 9.93. The predicted molar refractivity (Wildman–Crippen MR) is 112 cm³/mol. The molecule has 4 nitrogen and oxygen atoms in total. The summed E-state index contributed by atoms with van der Waals surface area (Å²) in [6.07, 6.45) is 0. The maximum absolute atomic E-state index is 12.3. The molecule has 1 aromatic heterocycles.